The molecule has 1 atom stereocenters. The van der Waals surface area contributed by atoms with Crippen molar-refractivity contribution < 1.29 is 4.79 Å². The third-order valence-electron chi connectivity index (χ3n) is 1.51. The molecule has 1 heterocycles. The van der Waals surface area contributed by atoms with Gasteiger partial charge in [0.15, 0.2) is 5.78 Å². The molecule has 0 aromatic rings. The van der Waals surface area contributed by atoms with Crippen molar-refractivity contribution in [3.05, 3.63) is 12.2 Å². The maximum Gasteiger partial charge on any atom is 0.152 e. The molecule has 0 bridgehead atoms. The Kier molecular flexibility index (Phi) is 3.00. The summed E-state index contributed by atoms with van der Waals surface area (Å²) in [6.07, 6.45) is 6.26. The number of thioether (sulfide) groups is 1. The highest BCUT2D eigenvalue weighted by Gasteiger charge is 2.11. The first-order chi connectivity index (χ1) is 4.79. The van der Waals surface area contributed by atoms with Gasteiger partial charge in [-0.25, -0.2) is 0 Å². The normalized spacial score (nSPS) is 25.9. The minimum atomic E-state index is 0.160. The van der Waals surface area contributed by atoms with E-state index in [9.17, 15) is 4.79 Å². The van der Waals surface area contributed by atoms with E-state index in [1.165, 1.54) is 18.6 Å². The van der Waals surface area contributed by atoms with Crippen LogP contribution in [0.15, 0.2) is 12.2 Å². The molecule has 56 valence electrons. The van der Waals surface area contributed by atoms with Gasteiger partial charge in [0.05, 0.1) is 0 Å². The van der Waals surface area contributed by atoms with E-state index < -0.39 is 0 Å². The zero-order valence-electron chi connectivity index (χ0n) is 6.17. The summed E-state index contributed by atoms with van der Waals surface area (Å²) in [6, 6.07) is 0. The van der Waals surface area contributed by atoms with E-state index in [0.717, 1.165) is 0 Å². The molecule has 0 amide bonds. The molecule has 10 heavy (non-hydrogen) atoms. The Labute approximate surface area is 65.9 Å². The minimum absolute atomic E-state index is 0.160. The highest BCUT2D eigenvalue weighted by atomic mass is 32.2. The molecule has 1 unspecified atom stereocenters. The van der Waals surface area contributed by atoms with Crippen LogP contribution in [0.25, 0.3) is 0 Å². The van der Waals surface area contributed by atoms with E-state index >= 15 is 0 Å². The molecule has 0 spiro atoms. The maximum absolute atomic E-state index is 10.5. The predicted molar refractivity (Wildman–Crippen MR) is 45.3 cm³/mol. The van der Waals surface area contributed by atoms with Crippen LogP contribution in [-0.4, -0.2) is 16.8 Å². The van der Waals surface area contributed by atoms with Crippen LogP contribution < -0.4 is 0 Å². The van der Waals surface area contributed by atoms with Crippen molar-refractivity contribution in [1.82, 2.24) is 0 Å². The molecular weight excluding hydrogens is 144 g/mol. The van der Waals surface area contributed by atoms with E-state index in [2.05, 4.69) is 0 Å². The lowest BCUT2D eigenvalue weighted by molar-refractivity contribution is -0.112. The number of allylic oxidation sites excluding steroid dienone is 1. The second-order valence-electron chi connectivity index (χ2n) is 2.52. The summed E-state index contributed by atoms with van der Waals surface area (Å²) < 4.78 is 0. The Balaban J connectivity index is 2.29. The lowest BCUT2D eigenvalue weighted by Gasteiger charge is -1.96. The molecule has 1 aliphatic rings. The van der Waals surface area contributed by atoms with E-state index in [4.69, 9.17) is 0 Å². The third-order valence-corrected chi connectivity index (χ3v) is 2.86. The number of ketones is 1. The van der Waals surface area contributed by atoms with Crippen molar-refractivity contribution in [3.63, 3.8) is 0 Å². The van der Waals surface area contributed by atoms with Crippen molar-refractivity contribution in [2.45, 2.75) is 25.0 Å². The largest absolute Gasteiger partial charge is 0.295 e. The molecule has 0 aromatic heterocycles. The summed E-state index contributed by atoms with van der Waals surface area (Å²) in [5.74, 6) is 1.42. The van der Waals surface area contributed by atoms with Crippen LogP contribution in [0.3, 0.4) is 0 Å². The summed E-state index contributed by atoms with van der Waals surface area (Å²) in [4.78, 5) is 10.5. The van der Waals surface area contributed by atoms with Crippen molar-refractivity contribution in [2.75, 3.05) is 5.75 Å². The number of carbonyl (C=O) groups is 1. The van der Waals surface area contributed by atoms with Crippen LogP contribution in [0.2, 0.25) is 0 Å². The van der Waals surface area contributed by atoms with Crippen LogP contribution in [0.1, 0.15) is 19.8 Å². The molecule has 0 aliphatic carbocycles. The quantitative estimate of drug-likeness (QED) is 0.569. The number of hydrogen-bond donors (Lipinski definition) is 0. The molecular formula is C8H12OS. The van der Waals surface area contributed by atoms with Gasteiger partial charge in [-0.05, 0) is 31.6 Å². The fourth-order valence-corrected chi connectivity index (χ4v) is 2.16. The third kappa shape index (κ3) is 2.56. The van der Waals surface area contributed by atoms with Gasteiger partial charge in [-0.3, -0.25) is 4.79 Å². The lowest BCUT2D eigenvalue weighted by atomic mass is 10.2. The van der Waals surface area contributed by atoms with E-state index in [1.54, 1.807) is 13.0 Å². The summed E-state index contributed by atoms with van der Waals surface area (Å²) in [7, 11) is 0. The molecule has 1 saturated heterocycles. The number of carbonyl (C=O) groups excluding carboxylic acids is 1. The Bertz CT molecular complexity index is 145. The van der Waals surface area contributed by atoms with Gasteiger partial charge in [-0.2, -0.15) is 11.8 Å². The van der Waals surface area contributed by atoms with Crippen LogP contribution in [0, 0.1) is 0 Å². The average Bonchev–Trinajstić information content (AvgIpc) is 2.34. The van der Waals surface area contributed by atoms with E-state index in [0.29, 0.717) is 5.25 Å². The Morgan fingerprint density at radius 1 is 1.70 bits per heavy atom. The predicted octanol–water partition coefficient (Wildman–Crippen LogP) is 2.03. The summed E-state index contributed by atoms with van der Waals surface area (Å²) in [5, 5.41) is 0.615. The molecule has 1 aliphatic heterocycles. The summed E-state index contributed by atoms with van der Waals surface area (Å²) in [6.45, 7) is 1.59. The van der Waals surface area contributed by atoms with Gasteiger partial charge in [0.2, 0.25) is 0 Å². The SMILES string of the molecule is CC(=O)/C=C/C1CCCS1. The van der Waals surface area contributed by atoms with Gasteiger partial charge >= 0.3 is 0 Å². The highest BCUT2D eigenvalue weighted by Crippen LogP contribution is 2.26. The first-order valence-corrected chi connectivity index (χ1v) is 4.64. The van der Waals surface area contributed by atoms with E-state index in [-0.39, 0.29) is 5.78 Å². The first-order valence-electron chi connectivity index (χ1n) is 3.59. The van der Waals surface area contributed by atoms with Crippen molar-refractivity contribution >= 4 is 17.5 Å². The fraction of sp³-hybridized carbons (Fsp3) is 0.625. The number of rotatable bonds is 2. The van der Waals surface area contributed by atoms with Crippen LogP contribution >= 0.6 is 11.8 Å². The van der Waals surface area contributed by atoms with Crippen molar-refractivity contribution in [2.24, 2.45) is 0 Å². The molecule has 0 N–H and O–H groups in total. The Morgan fingerprint density at radius 3 is 3.00 bits per heavy atom. The second-order valence-corrected chi connectivity index (χ2v) is 3.87. The molecule has 0 saturated carbocycles. The topological polar surface area (TPSA) is 17.1 Å². The average molecular weight is 156 g/mol. The second kappa shape index (κ2) is 3.81. The molecule has 2 heteroatoms. The molecule has 0 aromatic carbocycles. The molecule has 1 nitrogen and oxygen atoms in total. The van der Waals surface area contributed by atoms with Crippen molar-refractivity contribution in [3.8, 4) is 0 Å². The van der Waals surface area contributed by atoms with Crippen molar-refractivity contribution in [1.29, 1.82) is 0 Å². The smallest absolute Gasteiger partial charge is 0.152 e. The van der Waals surface area contributed by atoms with Gasteiger partial charge in [-0.1, -0.05) is 6.08 Å². The monoisotopic (exact) mass is 156 g/mol. The van der Waals surface area contributed by atoms with Crippen LogP contribution in [0.5, 0.6) is 0 Å². The van der Waals surface area contributed by atoms with E-state index in [1.807, 2.05) is 17.8 Å². The van der Waals surface area contributed by atoms with Gasteiger partial charge < -0.3 is 0 Å². The minimum Gasteiger partial charge on any atom is -0.295 e. The Hall–Kier alpha value is -0.240. The lowest BCUT2D eigenvalue weighted by Crippen LogP contribution is -1.91. The summed E-state index contributed by atoms with van der Waals surface area (Å²) >= 11 is 1.95. The van der Waals surface area contributed by atoms with Gasteiger partial charge in [0, 0.05) is 5.25 Å². The highest BCUT2D eigenvalue weighted by molar-refractivity contribution is 8.00. The fourth-order valence-electron chi connectivity index (χ4n) is 0.997. The zero-order valence-corrected chi connectivity index (χ0v) is 6.99. The number of hydrogen-bond acceptors (Lipinski definition) is 2. The van der Waals surface area contributed by atoms with Gasteiger partial charge in [0.25, 0.3) is 0 Å². The first kappa shape index (κ1) is 7.86. The molecule has 1 rings (SSSR count). The Morgan fingerprint density at radius 2 is 2.50 bits per heavy atom. The molecule has 0 radical (unpaired) electrons. The van der Waals surface area contributed by atoms with Gasteiger partial charge in [-0.15, -0.1) is 0 Å². The molecule has 1 fully saturated rings. The maximum atomic E-state index is 10.5. The van der Waals surface area contributed by atoms with Gasteiger partial charge in [0.1, 0.15) is 0 Å². The zero-order chi connectivity index (χ0) is 7.40. The van der Waals surface area contributed by atoms with Crippen LogP contribution in [0.4, 0.5) is 0 Å². The van der Waals surface area contributed by atoms with Crippen LogP contribution in [-0.2, 0) is 4.79 Å². The standard InChI is InChI=1S/C8H12OS/c1-7(9)4-5-8-3-2-6-10-8/h4-5,8H,2-3,6H2,1H3/b5-4+. The summed E-state index contributed by atoms with van der Waals surface area (Å²) in [5.41, 5.74) is 0.